The van der Waals surface area contributed by atoms with Crippen LogP contribution in [-0.2, 0) is 10.2 Å². The molecular formula is C22H23N3O4S. The smallest absolute Gasteiger partial charge is 0.270 e. The van der Waals surface area contributed by atoms with Crippen LogP contribution in [0.5, 0.6) is 5.75 Å². The minimum Gasteiger partial charge on any atom is -0.481 e. The summed E-state index contributed by atoms with van der Waals surface area (Å²) in [6.45, 7) is 8.07. The Morgan fingerprint density at radius 3 is 2.53 bits per heavy atom. The Hall–Kier alpha value is -3.26. The van der Waals surface area contributed by atoms with Gasteiger partial charge in [0.2, 0.25) is 0 Å². The number of aromatic nitrogens is 1. The molecule has 1 N–H and O–H groups in total. The highest BCUT2D eigenvalue weighted by atomic mass is 32.1. The zero-order valence-corrected chi connectivity index (χ0v) is 18.0. The van der Waals surface area contributed by atoms with Crippen LogP contribution in [0.15, 0.2) is 53.9 Å². The Morgan fingerprint density at radius 2 is 1.90 bits per heavy atom. The van der Waals surface area contributed by atoms with Gasteiger partial charge in [0.15, 0.2) is 11.2 Å². The van der Waals surface area contributed by atoms with E-state index in [2.05, 4.69) is 31.1 Å². The molecule has 3 rings (SSSR count). The molecule has 30 heavy (non-hydrogen) atoms. The van der Waals surface area contributed by atoms with Crippen LogP contribution in [0.4, 0.5) is 10.8 Å². The second-order valence-corrected chi connectivity index (χ2v) is 8.73. The number of hydrogen-bond acceptors (Lipinski definition) is 6. The van der Waals surface area contributed by atoms with Crippen molar-refractivity contribution < 1.29 is 14.5 Å². The Morgan fingerprint density at radius 1 is 1.20 bits per heavy atom. The highest BCUT2D eigenvalue weighted by molar-refractivity contribution is 7.14. The third-order valence-corrected chi connectivity index (χ3v) is 5.25. The molecule has 0 aliphatic carbocycles. The van der Waals surface area contributed by atoms with Gasteiger partial charge in [-0.05, 0) is 30.0 Å². The van der Waals surface area contributed by atoms with Gasteiger partial charge in [-0.1, -0.05) is 45.0 Å². The van der Waals surface area contributed by atoms with E-state index in [1.165, 1.54) is 29.0 Å². The fourth-order valence-electron chi connectivity index (χ4n) is 2.74. The van der Waals surface area contributed by atoms with E-state index in [9.17, 15) is 14.9 Å². The summed E-state index contributed by atoms with van der Waals surface area (Å²) in [4.78, 5) is 27.3. The highest BCUT2D eigenvalue weighted by Gasteiger charge is 2.18. The van der Waals surface area contributed by atoms with Crippen LogP contribution in [0.25, 0.3) is 11.3 Å². The summed E-state index contributed by atoms with van der Waals surface area (Å²) in [5, 5.41) is 15.8. The highest BCUT2D eigenvalue weighted by Crippen LogP contribution is 2.28. The van der Waals surface area contributed by atoms with Crippen molar-refractivity contribution in [1.82, 2.24) is 4.98 Å². The van der Waals surface area contributed by atoms with Gasteiger partial charge in [0.25, 0.3) is 11.6 Å². The van der Waals surface area contributed by atoms with E-state index in [1.54, 1.807) is 24.4 Å². The number of rotatable bonds is 6. The summed E-state index contributed by atoms with van der Waals surface area (Å²) in [7, 11) is 0. The lowest BCUT2D eigenvalue weighted by molar-refractivity contribution is -0.384. The first kappa shape index (κ1) is 21.4. The molecule has 0 radical (unpaired) electrons. The summed E-state index contributed by atoms with van der Waals surface area (Å²) in [6, 6.07) is 13.9. The van der Waals surface area contributed by atoms with Crippen LogP contribution in [0.1, 0.15) is 33.3 Å². The first-order valence-electron chi connectivity index (χ1n) is 9.42. The number of benzene rings is 2. The zero-order valence-electron chi connectivity index (χ0n) is 17.2. The number of non-ortho nitro benzene ring substituents is 1. The number of ether oxygens (including phenoxy) is 1. The summed E-state index contributed by atoms with van der Waals surface area (Å²) in [6.07, 6.45) is -0.712. The number of nitrogens with one attached hydrogen (secondary N) is 1. The Bertz CT molecular complexity index is 1050. The molecule has 0 bridgehead atoms. The predicted molar refractivity (Wildman–Crippen MR) is 118 cm³/mol. The van der Waals surface area contributed by atoms with Crippen LogP contribution in [-0.4, -0.2) is 21.9 Å². The van der Waals surface area contributed by atoms with Gasteiger partial charge in [0, 0.05) is 23.1 Å². The molecule has 1 atom stereocenters. The average Bonchev–Trinajstić information content (AvgIpc) is 3.16. The van der Waals surface area contributed by atoms with Gasteiger partial charge < -0.3 is 4.74 Å². The molecule has 0 aliphatic heterocycles. The van der Waals surface area contributed by atoms with Crippen molar-refractivity contribution in [3.8, 4) is 17.0 Å². The number of hydrogen-bond donors (Lipinski definition) is 1. The summed E-state index contributed by atoms with van der Waals surface area (Å²) < 4.78 is 5.74. The van der Waals surface area contributed by atoms with Crippen LogP contribution < -0.4 is 10.1 Å². The molecule has 0 saturated carbocycles. The fraction of sp³-hybridized carbons (Fsp3) is 0.273. The first-order chi connectivity index (χ1) is 14.1. The third-order valence-electron chi connectivity index (χ3n) is 4.49. The second kappa shape index (κ2) is 8.62. The summed E-state index contributed by atoms with van der Waals surface area (Å²) in [5.41, 5.74) is 2.40. The van der Waals surface area contributed by atoms with Crippen LogP contribution in [0.3, 0.4) is 0 Å². The minimum atomic E-state index is -0.712. The molecule has 1 aromatic heterocycles. The number of nitro benzene ring substituents is 1. The molecule has 7 nitrogen and oxygen atoms in total. The van der Waals surface area contributed by atoms with Gasteiger partial charge >= 0.3 is 0 Å². The topological polar surface area (TPSA) is 94.4 Å². The lowest BCUT2D eigenvalue weighted by Crippen LogP contribution is -2.30. The first-order valence-corrected chi connectivity index (χ1v) is 10.3. The third kappa shape index (κ3) is 5.21. The Labute approximate surface area is 178 Å². The molecule has 156 valence electrons. The molecule has 0 spiro atoms. The number of carbonyl (C=O) groups excluding carboxylic acids is 1. The van der Waals surface area contributed by atoms with Gasteiger partial charge in [0.1, 0.15) is 5.75 Å². The Balaban J connectivity index is 1.63. The molecule has 8 heteroatoms. The maximum atomic E-state index is 12.5. The van der Waals surface area contributed by atoms with E-state index in [0.717, 1.165) is 0 Å². The van der Waals surface area contributed by atoms with Crippen molar-refractivity contribution in [1.29, 1.82) is 0 Å². The minimum absolute atomic E-state index is 0.00872. The number of nitro groups is 1. The van der Waals surface area contributed by atoms with Gasteiger partial charge in [0.05, 0.1) is 10.6 Å². The molecule has 3 aromatic rings. The van der Waals surface area contributed by atoms with Crippen LogP contribution in [0.2, 0.25) is 0 Å². The largest absolute Gasteiger partial charge is 0.481 e. The van der Waals surface area contributed by atoms with Crippen molar-refractivity contribution in [2.45, 2.75) is 39.2 Å². The molecule has 1 unspecified atom stereocenters. The maximum absolute atomic E-state index is 12.5. The van der Waals surface area contributed by atoms with E-state index >= 15 is 0 Å². The number of thiazole rings is 1. The van der Waals surface area contributed by atoms with Gasteiger partial charge in [-0.25, -0.2) is 4.98 Å². The van der Waals surface area contributed by atoms with Crippen LogP contribution >= 0.6 is 11.3 Å². The molecule has 1 amide bonds. The molecule has 0 saturated heterocycles. The maximum Gasteiger partial charge on any atom is 0.270 e. The quantitative estimate of drug-likeness (QED) is 0.420. The lowest BCUT2D eigenvalue weighted by Gasteiger charge is -2.20. The van der Waals surface area contributed by atoms with E-state index in [1.807, 2.05) is 24.3 Å². The second-order valence-electron chi connectivity index (χ2n) is 7.87. The van der Waals surface area contributed by atoms with E-state index in [4.69, 9.17) is 4.74 Å². The van der Waals surface area contributed by atoms with Crippen LogP contribution in [0, 0.1) is 10.1 Å². The Kier molecular flexibility index (Phi) is 6.17. The van der Waals surface area contributed by atoms with Gasteiger partial charge in [-0.15, -0.1) is 11.3 Å². The van der Waals surface area contributed by atoms with Crippen molar-refractivity contribution >= 4 is 28.1 Å². The zero-order chi connectivity index (χ0) is 21.9. The van der Waals surface area contributed by atoms with Crippen molar-refractivity contribution in [2.24, 2.45) is 0 Å². The van der Waals surface area contributed by atoms with Crippen molar-refractivity contribution in [3.05, 3.63) is 69.6 Å². The fourth-order valence-corrected chi connectivity index (χ4v) is 3.46. The molecule has 2 aromatic carbocycles. The molecule has 0 fully saturated rings. The number of nitrogens with zero attached hydrogens (tertiary/aromatic N) is 2. The molecule has 0 aliphatic rings. The SMILES string of the molecule is CC(Oc1ccc(C(C)(C)C)cc1)C(=O)Nc1nc(-c2cccc([N+](=O)[O-])c2)cs1. The molecular weight excluding hydrogens is 402 g/mol. The van der Waals surface area contributed by atoms with Gasteiger partial charge in [-0.2, -0.15) is 0 Å². The predicted octanol–water partition coefficient (Wildman–Crippen LogP) is 5.42. The standard InChI is InChI=1S/C22H23N3O4S/c1-14(29-18-10-8-16(9-11-18)22(2,3)4)20(26)24-21-23-19(13-30-21)15-6-5-7-17(12-15)25(27)28/h5-14H,1-4H3,(H,23,24,26). The summed E-state index contributed by atoms with van der Waals surface area (Å²) >= 11 is 1.25. The summed E-state index contributed by atoms with van der Waals surface area (Å²) in [5.74, 6) is 0.289. The average molecular weight is 426 g/mol. The lowest BCUT2D eigenvalue weighted by atomic mass is 9.87. The monoisotopic (exact) mass is 425 g/mol. The molecule has 1 heterocycles. The number of anilines is 1. The van der Waals surface area contributed by atoms with E-state index < -0.39 is 11.0 Å². The number of amides is 1. The number of carbonyl (C=O) groups is 1. The van der Waals surface area contributed by atoms with E-state index in [0.29, 0.717) is 22.1 Å². The van der Waals surface area contributed by atoms with Crippen molar-refractivity contribution in [3.63, 3.8) is 0 Å². The van der Waals surface area contributed by atoms with Crippen molar-refractivity contribution in [2.75, 3.05) is 5.32 Å². The normalized spacial score (nSPS) is 12.3. The van der Waals surface area contributed by atoms with E-state index in [-0.39, 0.29) is 17.0 Å². The van der Waals surface area contributed by atoms with Gasteiger partial charge in [-0.3, -0.25) is 20.2 Å².